The van der Waals surface area contributed by atoms with Crippen molar-refractivity contribution in [2.45, 2.75) is 26.7 Å². The number of aromatic nitrogens is 2. The topological polar surface area (TPSA) is 38.1 Å². The van der Waals surface area contributed by atoms with E-state index >= 15 is 0 Å². The molecule has 2 aromatic rings. The number of rotatable bonds is 2. The summed E-state index contributed by atoms with van der Waals surface area (Å²) in [4.78, 5) is 14.6. The van der Waals surface area contributed by atoms with Crippen molar-refractivity contribution in [3.8, 4) is 5.69 Å². The number of hydrogen-bond donors (Lipinski definition) is 0. The van der Waals surface area contributed by atoms with Gasteiger partial charge in [0.15, 0.2) is 0 Å². The predicted octanol–water partition coefficient (Wildman–Crippen LogP) is 4.03. The Labute approximate surface area is 139 Å². The molecule has 4 nitrogen and oxygen atoms in total. The number of aryl methyl sites for hydroxylation is 1. The van der Waals surface area contributed by atoms with Crippen LogP contribution in [0.2, 0.25) is 10.0 Å². The van der Waals surface area contributed by atoms with Crippen LogP contribution >= 0.6 is 23.2 Å². The number of benzene rings is 1. The molecular formula is C16H17Cl2N3O. The van der Waals surface area contributed by atoms with Gasteiger partial charge in [-0.05, 0) is 44.9 Å². The van der Waals surface area contributed by atoms with Crippen molar-refractivity contribution in [1.29, 1.82) is 0 Å². The van der Waals surface area contributed by atoms with E-state index in [1.807, 2.05) is 24.8 Å². The summed E-state index contributed by atoms with van der Waals surface area (Å²) < 4.78 is 1.75. The Balaban J connectivity index is 2.02. The Morgan fingerprint density at radius 2 is 1.82 bits per heavy atom. The highest BCUT2D eigenvalue weighted by Gasteiger charge is 2.26. The Hall–Kier alpha value is -1.52. The molecular weight excluding hydrogens is 321 g/mol. The molecule has 0 radical (unpaired) electrons. The molecule has 2 heterocycles. The van der Waals surface area contributed by atoms with E-state index in [1.54, 1.807) is 16.8 Å². The van der Waals surface area contributed by atoms with Gasteiger partial charge in [0.05, 0.1) is 32.7 Å². The van der Waals surface area contributed by atoms with Crippen molar-refractivity contribution < 1.29 is 4.79 Å². The van der Waals surface area contributed by atoms with Crippen LogP contribution in [0.5, 0.6) is 0 Å². The van der Waals surface area contributed by atoms with Crippen LogP contribution in [0.15, 0.2) is 18.2 Å². The SMILES string of the molecule is Cc1nn(-c2ccc(Cl)c(Cl)c2)c(C)c1C(=O)N1CCCC1. The van der Waals surface area contributed by atoms with Gasteiger partial charge < -0.3 is 4.90 Å². The first-order chi connectivity index (χ1) is 10.5. The molecule has 0 unspecified atom stereocenters. The quantitative estimate of drug-likeness (QED) is 0.829. The van der Waals surface area contributed by atoms with E-state index in [9.17, 15) is 4.79 Å². The van der Waals surface area contributed by atoms with Gasteiger partial charge in [-0.15, -0.1) is 0 Å². The van der Waals surface area contributed by atoms with E-state index in [0.29, 0.717) is 15.6 Å². The molecule has 1 aliphatic heterocycles. The maximum Gasteiger partial charge on any atom is 0.257 e. The Kier molecular flexibility index (Phi) is 4.15. The van der Waals surface area contributed by atoms with E-state index < -0.39 is 0 Å². The normalized spacial score (nSPS) is 14.6. The lowest BCUT2D eigenvalue weighted by Gasteiger charge is -2.15. The number of carbonyl (C=O) groups excluding carboxylic acids is 1. The Morgan fingerprint density at radius 1 is 1.14 bits per heavy atom. The zero-order valence-electron chi connectivity index (χ0n) is 12.6. The van der Waals surface area contributed by atoms with Crippen LogP contribution in [0.25, 0.3) is 5.69 Å². The number of hydrogen-bond acceptors (Lipinski definition) is 2. The summed E-state index contributed by atoms with van der Waals surface area (Å²) in [7, 11) is 0. The van der Waals surface area contributed by atoms with E-state index in [1.165, 1.54) is 0 Å². The van der Waals surface area contributed by atoms with E-state index in [2.05, 4.69) is 5.10 Å². The first kappa shape index (κ1) is 15.4. The number of carbonyl (C=O) groups is 1. The van der Waals surface area contributed by atoms with Crippen LogP contribution in [0, 0.1) is 13.8 Å². The highest BCUT2D eigenvalue weighted by atomic mass is 35.5. The Morgan fingerprint density at radius 3 is 2.45 bits per heavy atom. The molecule has 116 valence electrons. The first-order valence-corrected chi connectivity index (χ1v) is 8.05. The van der Waals surface area contributed by atoms with Crippen LogP contribution in [-0.4, -0.2) is 33.7 Å². The van der Waals surface area contributed by atoms with Crippen LogP contribution in [0.4, 0.5) is 0 Å². The fourth-order valence-corrected chi connectivity index (χ4v) is 3.19. The lowest BCUT2D eigenvalue weighted by atomic mass is 10.1. The summed E-state index contributed by atoms with van der Waals surface area (Å²) in [6.07, 6.45) is 2.15. The molecule has 3 rings (SSSR count). The van der Waals surface area contributed by atoms with Crippen LogP contribution in [0.1, 0.15) is 34.6 Å². The molecule has 0 bridgehead atoms. The second-order valence-electron chi connectivity index (χ2n) is 5.56. The summed E-state index contributed by atoms with van der Waals surface area (Å²) in [5.74, 6) is 0.0683. The van der Waals surface area contributed by atoms with Crippen molar-refractivity contribution in [2.24, 2.45) is 0 Å². The van der Waals surface area contributed by atoms with E-state index in [0.717, 1.165) is 43.0 Å². The average molecular weight is 338 g/mol. The van der Waals surface area contributed by atoms with E-state index in [4.69, 9.17) is 23.2 Å². The third-order valence-corrected chi connectivity index (χ3v) is 4.79. The Bertz CT molecular complexity index is 733. The second kappa shape index (κ2) is 5.94. The van der Waals surface area contributed by atoms with Crippen molar-refractivity contribution in [1.82, 2.24) is 14.7 Å². The summed E-state index contributed by atoms with van der Waals surface area (Å²) in [5.41, 5.74) is 3.05. The molecule has 1 aromatic heterocycles. The highest BCUT2D eigenvalue weighted by Crippen LogP contribution is 2.27. The van der Waals surface area contributed by atoms with Crippen LogP contribution in [-0.2, 0) is 0 Å². The second-order valence-corrected chi connectivity index (χ2v) is 6.37. The maximum atomic E-state index is 12.7. The third-order valence-electron chi connectivity index (χ3n) is 4.05. The lowest BCUT2D eigenvalue weighted by Crippen LogP contribution is -2.28. The third kappa shape index (κ3) is 2.61. The smallest absolute Gasteiger partial charge is 0.257 e. The van der Waals surface area contributed by atoms with Gasteiger partial charge in [0.1, 0.15) is 0 Å². The molecule has 1 aromatic carbocycles. The number of nitrogens with zero attached hydrogens (tertiary/aromatic N) is 3. The molecule has 0 atom stereocenters. The van der Waals surface area contributed by atoms with E-state index in [-0.39, 0.29) is 5.91 Å². The average Bonchev–Trinajstić information content (AvgIpc) is 3.10. The van der Waals surface area contributed by atoms with Gasteiger partial charge in [-0.25, -0.2) is 4.68 Å². The molecule has 0 saturated carbocycles. The zero-order chi connectivity index (χ0) is 15.9. The molecule has 1 amide bonds. The minimum absolute atomic E-state index is 0.0683. The molecule has 6 heteroatoms. The molecule has 0 spiro atoms. The summed E-state index contributed by atoms with van der Waals surface area (Å²) in [6.45, 7) is 5.43. The van der Waals surface area contributed by atoms with Crippen molar-refractivity contribution in [3.05, 3.63) is 45.2 Å². The van der Waals surface area contributed by atoms with Gasteiger partial charge >= 0.3 is 0 Å². The molecule has 0 aliphatic carbocycles. The van der Waals surface area contributed by atoms with Gasteiger partial charge in [0.2, 0.25) is 0 Å². The van der Waals surface area contributed by atoms with Gasteiger partial charge in [-0.3, -0.25) is 4.79 Å². The first-order valence-electron chi connectivity index (χ1n) is 7.30. The fourth-order valence-electron chi connectivity index (χ4n) is 2.90. The maximum absolute atomic E-state index is 12.7. The lowest BCUT2D eigenvalue weighted by molar-refractivity contribution is 0.0791. The summed E-state index contributed by atoms with van der Waals surface area (Å²) in [6, 6.07) is 5.34. The minimum Gasteiger partial charge on any atom is -0.339 e. The zero-order valence-corrected chi connectivity index (χ0v) is 14.1. The van der Waals surface area contributed by atoms with Crippen LogP contribution < -0.4 is 0 Å². The monoisotopic (exact) mass is 337 g/mol. The molecule has 0 N–H and O–H groups in total. The van der Waals surface area contributed by atoms with Crippen molar-refractivity contribution in [3.63, 3.8) is 0 Å². The minimum atomic E-state index is 0.0683. The van der Waals surface area contributed by atoms with Crippen molar-refractivity contribution in [2.75, 3.05) is 13.1 Å². The van der Waals surface area contributed by atoms with Gasteiger partial charge in [0.25, 0.3) is 5.91 Å². The summed E-state index contributed by atoms with van der Waals surface area (Å²) >= 11 is 12.0. The molecule has 1 saturated heterocycles. The molecule has 22 heavy (non-hydrogen) atoms. The standard InChI is InChI=1S/C16H17Cl2N3O/c1-10-15(16(22)20-7-3-4-8-20)11(2)21(19-10)12-5-6-13(17)14(18)9-12/h5-6,9H,3-4,7-8H2,1-2H3. The van der Waals surface area contributed by atoms with Gasteiger partial charge in [-0.2, -0.15) is 5.10 Å². The highest BCUT2D eigenvalue weighted by molar-refractivity contribution is 6.42. The molecule has 1 aliphatic rings. The van der Waals surface area contributed by atoms with Gasteiger partial charge in [0, 0.05) is 13.1 Å². The fraction of sp³-hybridized carbons (Fsp3) is 0.375. The molecule has 1 fully saturated rings. The number of amides is 1. The van der Waals surface area contributed by atoms with Crippen LogP contribution in [0.3, 0.4) is 0 Å². The number of likely N-dealkylation sites (tertiary alicyclic amines) is 1. The predicted molar refractivity (Wildman–Crippen MR) is 88.2 cm³/mol. The van der Waals surface area contributed by atoms with Gasteiger partial charge in [-0.1, -0.05) is 23.2 Å². The summed E-state index contributed by atoms with van der Waals surface area (Å²) in [5, 5.41) is 5.48. The van der Waals surface area contributed by atoms with Crippen molar-refractivity contribution >= 4 is 29.1 Å². The largest absolute Gasteiger partial charge is 0.339 e. The number of halogens is 2.